The lowest BCUT2D eigenvalue weighted by atomic mass is 10.1. The number of fused-ring (bicyclic) bond motifs is 1. The van der Waals surface area contributed by atoms with Gasteiger partial charge in [-0.15, -0.1) is 11.6 Å². The van der Waals surface area contributed by atoms with Crippen LogP contribution in [0.5, 0.6) is 0 Å². The topological polar surface area (TPSA) is 37.8 Å². The number of anilines is 1. The van der Waals surface area contributed by atoms with Crippen LogP contribution in [0.15, 0.2) is 6.33 Å². The zero-order valence-electron chi connectivity index (χ0n) is 10.4. The number of nitrogens with zero attached hydrogens (tertiary/aromatic N) is 2. The van der Waals surface area contributed by atoms with Crippen LogP contribution < -0.4 is 5.32 Å². The maximum atomic E-state index is 5.94. The molecule has 1 aliphatic rings. The maximum Gasteiger partial charge on any atom is 0.132 e. The third-order valence-corrected chi connectivity index (χ3v) is 3.43. The first kappa shape index (κ1) is 12.6. The minimum Gasteiger partial charge on any atom is -0.370 e. The molecule has 1 aromatic rings. The Labute approximate surface area is 108 Å². The van der Waals surface area contributed by atoms with Crippen molar-refractivity contribution >= 4 is 17.4 Å². The molecular formula is C13H20ClN3. The van der Waals surface area contributed by atoms with Crippen LogP contribution in [0.4, 0.5) is 5.82 Å². The lowest BCUT2D eigenvalue weighted by molar-refractivity contribution is 0.708. The van der Waals surface area contributed by atoms with Crippen molar-refractivity contribution in [2.45, 2.75) is 50.8 Å². The number of halogens is 1. The molecular weight excluding hydrogens is 234 g/mol. The van der Waals surface area contributed by atoms with E-state index in [0.29, 0.717) is 0 Å². The third kappa shape index (κ3) is 3.56. The van der Waals surface area contributed by atoms with Crippen molar-refractivity contribution in [3.63, 3.8) is 0 Å². The summed E-state index contributed by atoms with van der Waals surface area (Å²) in [4.78, 5) is 8.77. The molecule has 0 bridgehead atoms. The first-order valence-electron chi connectivity index (χ1n) is 6.48. The molecule has 17 heavy (non-hydrogen) atoms. The van der Waals surface area contributed by atoms with Gasteiger partial charge in [0, 0.05) is 23.2 Å². The van der Waals surface area contributed by atoms with E-state index in [9.17, 15) is 0 Å². The predicted octanol–water partition coefficient (Wildman–Crippen LogP) is 3.17. The van der Waals surface area contributed by atoms with Crippen molar-refractivity contribution < 1.29 is 0 Å². The van der Waals surface area contributed by atoms with Crippen molar-refractivity contribution in [3.8, 4) is 0 Å². The first-order chi connectivity index (χ1) is 8.27. The Morgan fingerprint density at radius 2 is 2.12 bits per heavy atom. The average molecular weight is 254 g/mol. The number of rotatable bonds is 4. The van der Waals surface area contributed by atoms with Crippen molar-refractivity contribution in [2.75, 3.05) is 11.9 Å². The molecule has 0 saturated carbocycles. The van der Waals surface area contributed by atoms with Crippen LogP contribution in [0.3, 0.4) is 0 Å². The van der Waals surface area contributed by atoms with Gasteiger partial charge in [0.2, 0.25) is 0 Å². The summed E-state index contributed by atoms with van der Waals surface area (Å²) in [5.74, 6) is 1.02. The molecule has 1 aromatic heterocycles. The monoisotopic (exact) mass is 253 g/mol. The highest BCUT2D eigenvalue weighted by atomic mass is 35.5. The highest BCUT2D eigenvalue weighted by Crippen LogP contribution is 2.23. The number of hydrogen-bond donors (Lipinski definition) is 1. The fourth-order valence-corrected chi connectivity index (χ4v) is 2.35. The van der Waals surface area contributed by atoms with E-state index in [1.165, 1.54) is 30.5 Å². The molecule has 1 aliphatic carbocycles. The van der Waals surface area contributed by atoms with E-state index >= 15 is 0 Å². The highest BCUT2D eigenvalue weighted by molar-refractivity contribution is 6.20. The van der Waals surface area contributed by atoms with E-state index < -0.39 is 0 Å². The van der Waals surface area contributed by atoms with Crippen LogP contribution in [0, 0.1) is 0 Å². The molecule has 4 heteroatoms. The van der Waals surface area contributed by atoms with Crippen molar-refractivity contribution in [2.24, 2.45) is 0 Å². The molecule has 0 saturated heterocycles. The summed E-state index contributed by atoms with van der Waals surface area (Å²) in [6.45, 7) is 2.90. The summed E-state index contributed by atoms with van der Waals surface area (Å²) in [6.07, 6.45) is 8.64. The van der Waals surface area contributed by atoms with E-state index in [1.807, 2.05) is 6.92 Å². The molecule has 94 valence electrons. The normalized spacial score (nSPS) is 17.1. The third-order valence-electron chi connectivity index (χ3n) is 3.21. The van der Waals surface area contributed by atoms with Crippen molar-refractivity contribution in [3.05, 3.63) is 17.6 Å². The second-order valence-electron chi connectivity index (χ2n) is 4.70. The number of aryl methyl sites for hydroxylation is 1. The maximum absolute atomic E-state index is 5.94. The van der Waals surface area contributed by atoms with Gasteiger partial charge in [-0.3, -0.25) is 0 Å². The molecule has 0 aliphatic heterocycles. The zero-order valence-corrected chi connectivity index (χ0v) is 11.1. The smallest absolute Gasteiger partial charge is 0.132 e. The van der Waals surface area contributed by atoms with E-state index in [-0.39, 0.29) is 5.38 Å². The summed E-state index contributed by atoms with van der Waals surface area (Å²) >= 11 is 5.94. The molecule has 2 rings (SSSR count). The van der Waals surface area contributed by atoms with Crippen LogP contribution in [-0.2, 0) is 12.8 Å². The first-order valence-corrected chi connectivity index (χ1v) is 6.91. The molecule has 0 radical (unpaired) electrons. The van der Waals surface area contributed by atoms with Gasteiger partial charge in [0.25, 0.3) is 0 Å². The Hall–Kier alpha value is -0.830. The SMILES string of the molecule is CC(Cl)CCNc1ncnc2c1CCCCC2. The molecule has 0 aromatic carbocycles. The van der Waals surface area contributed by atoms with E-state index in [2.05, 4.69) is 15.3 Å². The van der Waals surface area contributed by atoms with Crippen molar-refractivity contribution in [1.29, 1.82) is 0 Å². The summed E-state index contributed by atoms with van der Waals surface area (Å²) in [6, 6.07) is 0. The van der Waals surface area contributed by atoms with Gasteiger partial charge in [-0.25, -0.2) is 9.97 Å². The van der Waals surface area contributed by atoms with Gasteiger partial charge in [0.05, 0.1) is 0 Å². The van der Waals surface area contributed by atoms with Crippen LogP contribution in [0.2, 0.25) is 0 Å². The Bertz CT molecular complexity index is 366. The van der Waals surface area contributed by atoms with Crippen LogP contribution in [0.1, 0.15) is 43.9 Å². The minimum absolute atomic E-state index is 0.211. The lowest BCUT2D eigenvalue weighted by Gasteiger charge is -2.12. The van der Waals surface area contributed by atoms with Crippen molar-refractivity contribution in [1.82, 2.24) is 9.97 Å². The average Bonchev–Trinajstić information content (AvgIpc) is 2.54. The molecule has 0 fully saturated rings. The summed E-state index contributed by atoms with van der Waals surface area (Å²) in [5.41, 5.74) is 2.56. The predicted molar refractivity (Wildman–Crippen MR) is 71.7 cm³/mol. The standard InChI is InChI=1S/C13H20ClN3/c1-10(14)7-8-15-13-11-5-3-2-4-6-12(11)16-9-17-13/h9-10H,2-8H2,1H3,(H,15,16,17). The number of hydrogen-bond acceptors (Lipinski definition) is 3. The van der Waals surface area contributed by atoms with Gasteiger partial charge < -0.3 is 5.32 Å². The van der Waals surface area contributed by atoms with Gasteiger partial charge in [0.15, 0.2) is 0 Å². The fourth-order valence-electron chi connectivity index (χ4n) is 2.24. The largest absolute Gasteiger partial charge is 0.370 e. The second-order valence-corrected chi connectivity index (χ2v) is 5.45. The van der Waals surface area contributed by atoms with Crippen LogP contribution in [-0.4, -0.2) is 21.9 Å². The lowest BCUT2D eigenvalue weighted by Crippen LogP contribution is -2.11. The second kappa shape index (κ2) is 6.20. The number of aromatic nitrogens is 2. The Morgan fingerprint density at radius 1 is 1.29 bits per heavy atom. The molecule has 3 nitrogen and oxygen atoms in total. The van der Waals surface area contributed by atoms with E-state index in [4.69, 9.17) is 11.6 Å². The van der Waals surface area contributed by atoms with E-state index in [0.717, 1.165) is 31.6 Å². The van der Waals surface area contributed by atoms with E-state index in [1.54, 1.807) is 6.33 Å². The van der Waals surface area contributed by atoms with Gasteiger partial charge in [0.1, 0.15) is 12.1 Å². The Morgan fingerprint density at radius 3 is 2.94 bits per heavy atom. The molecule has 1 N–H and O–H groups in total. The molecule has 1 atom stereocenters. The summed E-state index contributed by atoms with van der Waals surface area (Å²) < 4.78 is 0. The Kier molecular flexibility index (Phi) is 4.60. The van der Waals surface area contributed by atoms with Gasteiger partial charge in [-0.1, -0.05) is 6.42 Å². The van der Waals surface area contributed by atoms with Gasteiger partial charge >= 0.3 is 0 Å². The molecule has 0 amide bonds. The van der Waals surface area contributed by atoms with Crippen LogP contribution >= 0.6 is 11.6 Å². The Balaban J connectivity index is 2.06. The molecule has 1 unspecified atom stereocenters. The number of alkyl halides is 1. The summed E-state index contributed by atoms with van der Waals surface area (Å²) in [5, 5.41) is 3.61. The van der Waals surface area contributed by atoms with Gasteiger partial charge in [-0.2, -0.15) is 0 Å². The molecule has 0 spiro atoms. The highest BCUT2D eigenvalue weighted by Gasteiger charge is 2.13. The number of nitrogens with one attached hydrogen (secondary N) is 1. The zero-order chi connectivity index (χ0) is 12.1. The summed E-state index contributed by atoms with van der Waals surface area (Å²) in [7, 11) is 0. The minimum atomic E-state index is 0.211. The molecule has 1 heterocycles. The van der Waals surface area contributed by atoms with Gasteiger partial charge in [-0.05, 0) is 39.0 Å². The fraction of sp³-hybridized carbons (Fsp3) is 0.692. The van der Waals surface area contributed by atoms with Crippen LogP contribution in [0.25, 0.3) is 0 Å². The quantitative estimate of drug-likeness (QED) is 0.662.